The minimum atomic E-state index is -4.59. The summed E-state index contributed by atoms with van der Waals surface area (Å²) < 4.78 is 43.0. The molecule has 2 aromatic carbocycles. The summed E-state index contributed by atoms with van der Waals surface area (Å²) in [6, 6.07) is 12.8. The van der Waals surface area contributed by atoms with E-state index in [0.29, 0.717) is 22.3 Å². The number of para-hydroxylation sites is 1. The van der Waals surface area contributed by atoms with Crippen LogP contribution in [-0.2, 0) is 13.2 Å². The normalized spacial score (nSPS) is 11.7. The molecule has 0 fully saturated rings. The molecule has 0 aliphatic heterocycles. The lowest BCUT2D eigenvalue weighted by atomic mass is 10.1. The zero-order valence-electron chi connectivity index (χ0n) is 17.5. The van der Waals surface area contributed by atoms with Gasteiger partial charge in [-0.2, -0.15) is 18.3 Å². The summed E-state index contributed by atoms with van der Waals surface area (Å²) in [6.07, 6.45) is -4.59. The third-order valence-electron chi connectivity index (χ3n) is 5.21. The number of aryl methyl sites for hydroxylation is 3. The zero-order chi connectivity index (χ0) is 23.2. The van der Waals surface area contributed by atoms with Gasteiger partial charge in [-0.3, -0.25) is 9.59 Å². The number of rotatable bonds is 3. The minimum Gasteiger partial charge on any atom is -0.320 e. The van der Waals surface area contributed by atoms with E-state index in [0.717, 1.165) is 12.1 Å². The van der Waals surface area contributed by atoms with Crippen molar-refractivity contribution < 1.29 is 18.0 Å². The zero-order valence-corrected chi connectivity index (χ0v) is 17.5. The first-order valence-electron chi connectivity index (χ1n) is 9.71. The summed E-state index contributed by atoms with van der Waals surface area (Å²) in [4.78, 5) is 25.5. The predicted octanol–water partition coefficient (Wildman–Crippen LogP) is 4.61. The molecule has 4 rings (SSSR count). The van der Waals surface area contributed by atoms with Crippen LogP contribution in [0.4, 0.5) is 18.9 Å². The first-order valence-corrected chi connectivity index (χ1v) is 9.71. The van der Waals surface area contributed by atoms with Crippen LogP contribution in [0.5, 0.6) is 0 Å². The fraction of sp³-hybridized carbons (Fsp3) is 0.174. The molecule has 0 spiro atoms. The Labute approximate surface area is 180 Å². The van der Waals surface area contributed by atoms with Gasteiger partial charge in [0.2, 0.25) is 0 Å². The van der Waals surface area contributed by atoms with Crippen molar-refractivity contribution in [2.75, 3.05) is 5.32 Å². The van der Waals surface area contributed by atoms with Crippen LogP contribution >= 0.6 is 0 Å². The van der Waals surface area contributed by atoms with E-state index in [9.17, 15) is 22.8 Å². The molecule has 0 bridgehead atoms. The van der Waals surface area contributed by atoms with Crippen molar-refractivity contribution in [1.82, 2.24) is 14.3 Å². The number of carbonyl (C=O) groups is 1. The second kappa shape index (κ2) is 7.67. The van der Waals surface area contributed by atoms with Crippen molar-refractivity contribution in [1.29, 1.82) is 0 Å². The van der Waals surface area contributed by atoms with E-state index in [2.05, 4.69) is 10.4 Å². The van der Waals surface area contributed by atoms with Crippen molar-refractivity contribution in [2.45, 2.75) is 20.0 Å². The number of nitrogens with one attached hydrogen (secondary N) is 1. The summed E-state index contributed by atoms with van der Waals surface area (Å²) in [7, 11) is 1.58. The fourth-order valence-electron chi connectivity index (χ4n) is 3.66. The second-order valence-electron chi connectivity index (χ2n) is 7.50. The second-order valence-corrected chi connectivity index (χ2v) is 7.50. The van der Waals surface area contributed by atoms with E-state index < -0.39 is 23.2 Å². The lowest BCUT2D eigenvalue weighted by Crippen LogP contribution is -2.22. The van der Waals surface area contributed by atoms with Gasteiger partial charge in [0.05, 0.1) is 33.7 Å². The van der Waals surface area contributed by atoms with E-state index in [1.54, 1.807) is 51.2 Å². The molecule has 9 heteroatoms. The summed E-state index contributed by atoms with van der Waals surface area (Å²) >= 11 is 0. The molecule has 0 saturated carbocycles. The molecule has 1 amide bonds. The van der Waals surface area contributed by atoms with Crippen LogP contribution in [0.15, 0.2) is 59.4 Å². The standard InChI is InChI=1S/C23H19F3N4O2/c1-13-10-14(2)30(28-13)20-9-8-15(23(24,25)26)11-18(20)27-22(32)17-12-21(31)29(3)19-7-5-4-6-16(17)19/h4-12H,1-3H3,(H,27,32). The highest BCUT2D eigenvalue weighted by Crippen LogP contribution is 2.34. The average molecular weight is 440 g/mol. The molecule has 0 radical (unpaired) electrons. The third kappa shape index (κ3) is 3.77. The SMILES string of the molecule is Cc1cc(C)n(-c2ccc(C(F)(F)F)cc2NC(=O)c2cc(=O)n(C)c3ccccc23)n1. The Bertz CT molecular complexity index is 1420. The van der Waals surface area contributed by atoms with Crippen molar-refractivity contribution >= 4 is 22.5 Å². The number of benzene rings is 2. The quantitative estimate of drug-likeness (QED) is 0.506. The van der Waals surface area contributed by atoms with Gasteiger partial charge in [0, 0.05) is 24.2 Å². The highest BCUT2D eigenvalue weighted by Gasteiger charge is 2.31. The van der Waals surface area contributed by atoms with Crippen molar-refractivity contribution in [2.24, 2.45) is 7.05 Å². The molecule has 1 N–H and O–H groups in total. The molecule has 4 aromatic rings. The van der Waals surface area contributed by atoms with E-state index in [4.69, 9.17) is 0 Å². The molecule has 0 saturated heterocycles. The van der Waals surface area contributed by atoms with Crippen molar-refractivity contribution in [3.63, 3.8) is 0 Å². The largest absolute Gasteiger partial charge is 0.416 e. The number of amides is 1. The Morgan fingerprint density at radius 3 is 2.41 bits per heavy atom. The number of alkyl halides is 3. The number of pyridine rings is 1. The Balaban J connectivity index is 1.86. The monoisotopic (exact) mass is 440 g/mol. The van der Waals surface area contributed by atoms with Gasteiger partial charge in [-0.1, -0.05) is 18.2 Å². The van der Waals surface area contributed by atoms with Gasteiger partial charge < -0.3 is 9.88 Å². The van der Waals surface area contributed by atoms with E-state index in [1.807, 2.05) is 0 Å². The van der Waals surface area contributed by atoms with Gasteiger partial charge in [-0.15, -0.1) is 0 Å². The van der Waals surface area contributed by atoms with Gasteiger partial charge in [0.15, 0.2) is 0 Å². The third-order valence-corrected chi connectivity index (χ3v) is 5.21. The highest BCUT2D eigenvalue weighted by atomic mass is 19.4. The molecular formula is C23H19F3N4O2. The van der Waals surface area contributed by atoms with Crippen LogP contribution in [0, 0.1) is 13.8 Å². The minimum absolute atomic E-state index is 0.0687. The molecule has 2 heterocycles. The number of anilines is 1. The van der Waals surface area contributed by atoms with Gasteiger partial charge in [-0.05, 0) is 44.2 Å². The maximum atomic E-state index is 13.4. The smallest absolute Gasteiger partial charge is 0.320 e. The number of nitrogens with zero attached hydrogens (tertiary/aromatic N) is 3. The molecule has 164 valence electrons. The van der Waals surface area contributed by atoms with Crippen molar-refractivity contribution in [3.8, 4) is 5.69 Å². The van der Waals surface area contributed by atoms with E-state index in [1.165, 1.54) is 21.4 Å². The number of carbonyl (C=O) groups excluding carboxylic acids is 1. The van der Waals surface area contributed by atoms with Crippen molar-refractivity contribution in [3.05, 3.63) is 87.5 Å². The Morgan fingerprint density at radius 1 is 1.03 bits per heavy atom. The molecule has 0 aliphatic carbocycles. The van der Waals surface area contributed by atoms with E-state index >= 15 is 0 Å². The molecule has 32 heavy (non-hydrogen) atoms. The van der Waals surface area contributed by atoms with Gasteiger partial charge in [0.1, 0.15) is 0 Å². The van der Waals surface area contributed by atoms with Crippen LogP contribution < -0.4 is 10.9 Å². The lowest BCUT2D eigenvalue weighted by molar-refractivity contribution is -0.137. The van der Waals surface area contributed by atoms with Gasteiger partial charge >= 0.3 is 6.18 Å². The number of hydrogen-bond donors (Lipinski definition) is 1. The Kier molecular flexibility index (Phi) is 5.12. The number of halogens is 3. The molecule has 6 nitrogen and oxygen atoms in total. The molecule has 0 atom stereocenters. The van der Waals surface area contributed by atoms with Crippen LogP contribution in [0.3, 0.4) is 0 Å². The number of hydrogen-bond acceptors (Lipinski definition) is 3. The predicted molar refractivity (Wildman–Crippen MR) is 115 cm³/mol. The molecule has 2 aromatic heterocycles. The maximum Gasteiger partial charge on any atom is 0.416 e. The maximum absolute atomic E-state index is 13.4. The first-order chi connectivity index (χ1) is 15.1. The summed E-state index contributed by atoms with van der Waals surface area (Å²) in [5, 5.41) is 7.39. The van der Waals surface area contributed by atoms with Crippen LogP contribution in [0.25, 0.3) is 16.6 Å². The topological polar surface area (TPSA) is 68.9 Å². The number of aromatic nitrogens is 3. The Morgan fingerprint density at radius 2 is 1.75 bits per heavy atom. The molecule has 0 aliphatic rings. The molecular weight excluding hydrogens is 421 g/mol. The van der Waals surface area contributed by atoms with Crippen LogP contribution in [0.1, 0.15) is 27.3 Å². The van der Waals surface area contributed by atoms with Crippen LogP contribution in [-0.4, -0.2) is 20.3 Å². The Hall–Kier alpha value is -3.88. The fourth-order valence-corrected chi connectivity index (χ4v) is 3.66. The van der Waals surface area contributed by atoms with Gasteiger partial charge in [-0.25, -0.2) is 4.68 Å². The first kappa shape index (κ1) is 21.4. The average Bonchev–Trinajstić information content (AvgIpc) is 3.07. The summed E-state index contributed by atoms with van der Waals surface area (Å²) in [6.45, 7) is 3.52. The summed E-state index contributed by atoms with van der Waals surface area (Å²) in [5.41, 5.74) is 0.872. The van der Waals surface area contributed by atoms with Gasteiger partial charge in [0.25, 0.3) is 11.5 Å². The van der Waals surface area contributed by atoms with Crippen LogP contribution in [0.2, 0.25) is 0 Å². The number of fused-ring (bicyclic) bond motifs is 1. The lowest BCUT2D eigenvalue weighted by Gasteiger charge is -2.16. The summed E-state index contributed by atoms with van der Waals surface area (Å²) in [5.74, 6) is -0.694. The highest BCUT2D eigenvalue weighted by molar-refractivity contribution is 6.13. The van der Waals surface area contributed by atoms with E-state index in [-0.39, 0.29) is 16.9 Å². The molecule has 0 unspecified atom stereocenters.